The molecular weight excluding hydrogens is 392 g/mol. The molecule has 1 aliphatic heterocycles. The fraction of sp³-hybridized carbons (Fsp3) is 0.440. The quantitative estimate of drug-likeness (QED) is 0.577. The van der Waals surface area contributed by atoms with Gasteiger partial charge in [0.05, 0.1) is 6.61 Å². The van der Waals surface area contributed by atoms with Gasteiger partial charge in [-0.05, 0) is 55.5 Å². The van der Waals surface area contributed by atoms with E-state index in [9.17, 15) is 4.79 Å². The third kappa shape index (κ3) is 5.07. The molecule has 4 rings (SSSR count). The first kappa shape index (κ1) is 21.4. The lowest BCUT2D eigenvalue weighted by atomic mass is 9.86. The van der Waals surface area contributed by atoms with Crippen LogP contribution in [-0.4, -0.2) is 48.3 Å². The number of aliphatic hydroxyl groups is 1. The molecule has 1 amide bonds. The third-order valence-corrected chi connectivity index (χ3v) is 5.89. The summed E-state index contributed by atoms with van der Waals surface area (Å²) < 4.78 is 11.7. The molecule has 31 heavy (non-hydrogen) atoms. The average Bonchev–Trinajstić information content (AvgIpc) is 3.56. The second-order valence-corrected chi connectivity index (χ2v) is 8.37. The Hall–Kier alpha value is -2.86. The summed E-state index contributed by atoms with van der Waals surface area (Å²) in [6.45, 7) is 3.19. The molecule has 0 bridgehead atoms. The molecule has 6 nitrogen and oxygen atoms in total. The van der Waals surface area contributed by atoms with Crippen molar-refractivity contribution in [3.05, 3.63) is 65.7 Å². The van der Waals surface area contributed by atoms with Crippen LogP contribution in [0, 0.1) is 5.92 Å². The van der Waals surface area contributed by atoms with Crippen LogP contribution in [-0.2, 0) is 16.0 Å². The summed E-state index contributed by atoms with van der Waals surface area (Å²) in [5.41, 5.74) is 0.866. The minimum atomic E-state index is -0.998. The summed E-state index contributed by atoms with van der Waals surface area (Å²) >= 11 is 0. The fourth-order valence-corrected chi connectivity index (χ4v) is 3.76. The Balaban J connectivity index is 1.57. The van der Waals surface area contributed by atoms with E-state index < -0.39 is 5.54 Å². The normalized spacial score (nSPS) is 22.5. The van der Waals surface area contributed by atoms with Crippen molar-refractivity contribution in [3.8, 4) is 5.75 Å². The molecule has 2 N–H and O–H groups in total. The molecular formula is C25H30N2O4. The fourth-order valence-electron chi connectivity index (χ4n) is 3.76. The zero-order valence-electron chi connectivity index (χ0n) is 17.9. The predicted octanol–water partition coefficient (Wildman–Crippen LogP) is 3.12. The zero-order valence-corrected chi connectivity index (χ0v) is 17.9. The number of hydrogen-bond donors (Lipinski definition) is 2. The molecule has 1 fully saturated rings. The minimum Gasteiger partial charge on any atom is -0.494 e. The van der Waals surface area contributed by atoms with E-state index in [0.29, 0.717) is 37.8 Å². The smallest absolute Gasteiger partial charge is 0.252 e. The number of amides is 1. The maximum Gasteiger partial charge on any atom is 0.252 e. The van der Waals surface area contributed by atoms with Crippen LogP contribution in [0.4, 0.5) is 0 Å². The van der Waals surface area contributed by atoms with Crippen molar-refractivity contribution in [2.45, 2.75) is 44.2 Å². The Labute approximate surface area is 183 Å². The molecule has 2 aromatic carbocycles. The molecule has 0 radical (unpaired) electrons. The minimum absolute atomic E-state index is 0.0743. The number of rotatable bonds is 10. The van der Waals surface area contributed by atoms with Crippen molar-refractivity contribution in [3.63, 3.8) is 0 Å². The molecule has 0 aromatic heterocycles. The van der Waals surface area contributed by atoms with Crippen molar-refractivity contribution in [2.24, 2.45) is 10.9 Å². The van der Waals surface area contributed by atoms with Gasteiger partial charge in [0.2, 0.25) is 5.90 Å². The average molecular weight is 423 g/mol. The first-order valence-corrected chi connectivity index (χ1v) is 11.0. The number of aliphatic hydroxyl groups excluding tert-OH is 1. The third-order valence-electron chi connectivity index (χ3n) is 5.89. The Morgan fingerprint density at radius 3 is 2.61 bits per heavy atom. The molecule has 2 atom stereocenters. The summed E-state index contributed by atoms with van der Waals surface area (Å²) in [6.07, 6.45) is 3.05. The van der Waals surface area contributed by atoms with E-state index in [1.165, 1.54) is 12.8 Å². The lowest BCUT2D eigenvalue weighted by molar-refractivity contribution is -0.128. The molecule has 1 heterocycles. The summed E-state index contributed by atoms with van der Waals surface area (Å²) in [7, 11) is 0. The highest BCUT2D eigenvalue weighted by Gasteiger charge is 2.50. The van der Waals surface area contributed by atoms with Crippen molar-refractivity contribution in [2.75, 3.05) is 19.8 Å². The van der Waals surface area contributed by atoms with E-state index in [4.69, 9.17) is 19.6 Å². The number of benzene rings is 2. The van der Waals surface area contributed by atoms with E-state index in [1.807, 2.05) is 61.5 Å². The number of aliphatic imine (C=N–C) groups is 1. The second-order valence-electron chi connectivity index (χ2n) is 8.37. The molecule has 6 heteroatoms. The number of ether oxygens (including phenoxy) is 2. The van der Waals surface area contributed by atoms with Gasteiger partial charge in [-0.15, -0.1) is 0 Å². The van der Waals surface area contributed by atoms with E-state index >= 15 is 0 Å². The number of carbonyl (C=O) groups is 1. The summed E-state index contributed by atoms with van der Waals surface area (Å²) in [6, 6.07) is 17.5. The van der Waals surface area contributed by atoms with Gasteiger partial charge in [0.15, 0.2) is 5.54 Å². The largest absolute Gasteiger partial charge is 0.494 e. The van der Waals surface area contributed by atoms with Crippen LogP contribution >= 0.6 is 0 Å². The number of nitrogens with zero attached hydrogens (tertiary/aromatic N) is 1. The maximum absolute atomic E-state index is 13.4. The molecule has 1 saturated carbocycles. The Bertz CT molecular complexity index is 909. The van der Waals surface area contributed by atoms with Crippen LogP contribution in [0.1, 0.15) is 37.3 Å². The highest BCUT2D eigenvalue weighted by Crippen LogP contribution is 2.34. The van der Waals surface area contributed by atoms with Crippen molar-refractivity contribution in [1.29, 1.82) is 0 Å². The van der Waals surface area contributed by atoms with Gasteiger partial charge in [-0.3, -0.25) is 4.79 Å². The molecule has 0 saturated heterocycles. The molecule has 2 aliphatic rings. The highest BCUT2D eigenvalue weighted by atomic mass is 16.5. The summed E-state index contributed by atoms with van der Waals surface area (Å²) in [4.78, 5) is 18.2. The van der Waals surface area contributed by atoms with Gasteiger partial charge in [-0.2, -0.15) is 0 Å². The summed E-state index contributed by atoms with van der Waals surface area (Å²) in [5.74, 6) is 1.72. The van der Waals surface area contributed by atoms with E-state index in [1.54, 1.807) is 0 Å². The highest BCUT2D eigenvalue weighted by molar-refractivity contribution is 6.00. The van der Waals surface area contributed by atoms with Gasteiger partial charge in [0, 0.05) is 31.6 Å². The number of carbonyl (C=O) groups excluding carboxylic acids is 1. The van der Waals surface area contributed by atoms with Crippen LogP contribution < -0.4 is 10.1 Å². The van der Waals surface area contributed by atoms with E-state index in [2.05, 4.69) is 5.32 Å². The van der Waals surface area contributed by atoms with Gasteiger partial charge in [0.25, 0.3) is 5.91 Å². The SMILES string of the molecule is C[C@H]1OC(c2ccc(OCCCO)cc2)=N[C@@]1(Cc1ccccc1)C(=O)NCC1CC1. The van der Waals surface area contributed by atoms with Crippen LogP contribution in [0.5, 0.6) is 5.75 Å². The lowest BCUT2D eigenvalue weighted by Gasteiger charge is -2.28. The van der Waals surface area contributed by atoms with Gasteiger partial charge in [0.1, 0.15) is 11.9 Å². The second kappa shape index (κ2) is 9.52. The van der Waals surface area contributed by atoms with Crippen LogP contribution in [0.25, 0.3) is 0 Å². The number of nitrogens with one attached hydrogen (secondary N) is 1. The van der Waals surface area contributed by atoms with Crippen molar-refractivity contribution >= 4 is 11.8 Å². The Morgan fingerprint density at radius 1 is 1.19 bits per heavy atom. The standard InChI is InChI=1S/C25H30N2O4/c1-18-25(16-19-6-3-2-4-7-19,24(29)26-17-20-8-9-20)27-23(31-18)21-10-12-22(13-11-21)30-15-5-14-28/h2-4,6-7,10-13,18,20,28H,5,8-9,14-17H2,1H3,(H,26,29)/t18-,25-/m1/s1. The van der Waals surface area contributed by atoms with Gasteiger partial charge in [-0.25, -0.2) is 4.99 Å². The molecule has 0 unspecified atom stereocenters. The predicted molar refractivity (Wildman–Crippen MR) is 119 cm³/mol. The topological polar surface area (TPSA) is 80.2 Å². The van der Waals surface area contributed by atoms with Gasteiger partial charge >= 0.3 is 0 Å². The first-order valence-electron chi connectivity index (χ1n) is 11.0. The van der Waals surface area contributed by atoms with Crippen molar-refractivity contribution in [1.82, 2.24) is 5.32 Å². The maximum atomic E-state index is 13.4. The van der Waals surface area contributed by atoms with Crippen LogP contribution in [0.2, 0.25) is 0 Å². The number of hydrogen-bond acceptors (Lipinski definition) is 5. The molecule has 164 valence electrons. The Morgan fingerprint density at radius 2 is 1.94 bits per heavy atom. The van der Waals surface area contributed by atoms with Gasteiger partial charge < -0.3 is 19.9 Å². The summed E-state index contributed by atoms with van der Waals surface area (Å²) in [5, 5.41) is 12.0. The van der Waals surface area contributed by atoms with Crippen molar-refractivity contribution < 1.29 is 19.4 Å². The molecule has 0 spiro atoms. The van der Waals surface area contributed by atoms with Crippen LogP contribution in [0.3, 0.4) is 0 Å². The van der Waals surface area contributed by atoms with Gasteiger partial charge in [-0.1, -0.05) is 30.3 Å². The molecule has 1 aliphatic carbocycles. The Kier molecular flexibility index (Phi) is 6.56. The zero-order chi connectivity index (χ0) is 21.7. The van der Waals surface area contributed by atoms with E-state index in [-0.39, 0.29) is 18.6 Å². The van der Waals surface area contributed by atoms with Crippen LogP contribution in [0.15, 0.2) is 59.6 Å². The van der Waals surface area contributed by atoms with E-state index in [0.717, 1.165) is 16.9 Å². The lowest BCUT2D eigenvalue weighted by Crippen LogP contribution is -2.52. The monoisotopic (exact) mass is 422 g/mol. The first-order chi connectivity index (χ1) is 15.1. The molecule has 2 aromatic rings.